The molecular formula is C12H26N4O. The molecule has 1 atom stereocenters. The van der Waals surface area contributed by atoms with Gasteiger partial charge in [-0.25, -0.2) is 5.84 Å². The van der Waals surface area contributed by atoms with E-state index in [0.717, 1.165) is 25.6 Å². The first kappa shape index (κ1) is 14.4. The van der Waals surface area contributed by atoms with Crippen molar-refractivity contribution in [3.8, 4) is 0 Å². The SMILES string of the molecule is CN1CCC(CN(C)CC(C)(C)C(=O)NN)C1. The lowest BCUT2D eigenvalue weighted by molar-refractivity contribution is -0.130. The van der Waals surface area contributed by atoms with Crippen molar-refractivity contribution in [1.29, 1.82) is 0 Å². The Kier molecular flexibility index (Phi) is 4.91. The largest absolute Gasteiger partial charge is 0.306 e. The van der Waals surface area contributed by atoms with Gasteiger partial charge < -0.3 is 9.80 Å². The van der Waals surface area contributed by atoms with E-state index in [1.165, 1.54) is 13.0 Å². The monoisotopic (exact) mass is 242 g/mol. The molecule has 0 aromatic rings. The van der Waals surface area contributed by atoms with Crippen molar-refractivity contribution < 1.29 is 4.79 Å². The summed E-state index contributed by atoms with van der Waals surface area (Å²) in [5, 5.41) is 0. The summed E-state index contributed by atoms with van der Waals surface area (Å²) in [5.41, 5.74) is 1.80. The fourth-order valence-electron chi connectivity index (χ4n) is 2.62. The van der Waals surface area contributed by atoms with Gasteiger partial charge in [0.1, 0.15) is 0 Å². The van der Waals surface area contributed by atoms with E-state index in [9.17, 15) is 4.79 Å². The van der Waals surface area contributed by atoms with Crippen LogP contribution in [-0.4, -0.2) is 56.0 Å². The van der Waals surface area contributed by atoms with Crippen molar-refractivity contribution in [1.82, 2.24) is 15.2 Å². The average Bonchev–Trinajstić information content (AvgIpc) is 2.61. The highest BCUT2D eigenvalue weighted by Gasteiger charge is 2.30. The maximum Gasteiger partial charge on any atom is 0.240 e. The molecule has 1 rings (SSSR count). The van der Waals surface area contributed by atoms with E-state index in [4.69, 9.17) is 5.84 Å². The number of rotatable bonds is 5. The van der Waals surface area contributed by atoms with E-state index >= 15 is 0 Å². The number of likely N-dealkylation sites (tertiary alicyclic amines) is 1. The third-order valence-electron chi connectivity index (χ3n) is 3.47. The van der Waals surface area contributed by atoms with Gasteiger partial charge >= 0.3 is 0 Å². The maximum atomic E-state index is 11.6. The zero-order chi connectivity index (χ0) is 13.1. The van der Waals surface area contributed by atoms with E-state index in [-0.39, 0.29) is 5.91 Å². The predicted molar refractivity (Wildman–Crippen MR) is 69.2 cm³/mol. The Morgan fingerprint density at radius 2 is 2.24 bits per heavy atom. The molecule has 1 saturated heterocycles. The molecule has 0 spiro atoms. The van der Waals surface area contributed by atoms with Crippen LogP contribution in [0.5, 0.6) is 0 Å². The Hall–Kier alpha value is -0.650. The van der Waals surface area contributed by atoms with Crippen molar-refractivity contribution in [2.75, 3.05) is 40.3 Å². The van der Waals surface area contributed by atoms with Gasteiger partial charge in [0.2, 0.25) is 5.91 Å². The first-order valence-electron chi connectivity index (χ1n) is 6.23. The van der Waals surface area contributed by atoms with Crippen molar-refractivity contribution >= 4 is 5.91 Å². The number of nitrogens with zero attached hydrogens (tertiary/aromatic N) is 2. The number of carbonyl (C=O) groups is 1. The maximum absolute atomic E-state index is 11.6. The lowest BCUT2D eigenvalue weighted by Gasteiger charge is -2.30. The Balaban J connectivity index is 2.38. The number of nitrogens with one attached hydrogen (secondary N) is 1. The molecular weight excluding hydrogens is 216 g/mol. The van der Waals surface area contributed by atoms with Gasteiger partial charge in [0.15, 0.2) is 0 Å². The minimum Gasteiger partial charge on any atom is -0.306 e. The number of nitrogens with two attached hydrogens (primary N) is 1. The fourth-order valence-corrected chi connectivity index (χ4v) is 2.62. The average molecular weight is 242 g/mol. The molecule has 100 valence electrons. The van der Waals surface area contributed by atoms with E-state index in [1.807, 2.05) is 13.8 Å². The minimum absolute atomic E-state index is 0.104. The highest BCUT2D eigenvalue weighted by Crippen LogP contribution is 2.19. The summed E-state index contributed by atoms with van der Waals surface area (Å²) in [7, 11) is 4.23. The summed E-state index contributed by atoms with van der Waals surface area (Å²) in [6.45, 7) is 7.97. The lowest BCUT2D eigenvalue weighted by Crippen LogP contribution is -2.47. The van der Waals surface area contributed by atoms with E-state index in [2.05, 4.69) is 29.3 Å². The zero-order valence-corrected chi connectivity index (χ0v) is 11.5. The topological polar surface area (TPSA) is 61.6 Å². The summed E-state index contributed by atoms with van der Waals surface area (Å²) < 4.78 is 0. The van der Waals surface area contributed by atoms with Gasteiger partial charge in [0.25, 0.3) is 0 Å². The molecule has 17 heavy (non-hydrogen) atoms. The quantitative estimate of drug-likeness (QED) is 0.401. The third-order valence-corrected chi connectivity index (χ3v) is 3.47. The normalized spacial score (nSPS) is 22.1. The molecule has 0 radical (unpaired) electrons. The molecule has 0 aromatic carbocycles. The standard InChI is InChI=1S/C12H26N4O/c1-12(2,11(17)14-13)9-16(4)8-10-5-6-15(3)7-10/h10H,5-9,13H2,1-4H3,(H,14,17). The lowest BCUT2D eigenvalue weighted by atomic mass is 9.91. The number of hydrazine groups is 1. The van der Waals surface area contributed by atoms with Gasteiger partial charge in [-0.3, -0.25) is 10.2 Å². The molecule has 1 heterocycles. The second kappa shape index (κ2) is 5.80. The zero-order valence-electron chi connectivity index (χ0n) is 11.5. The molecule has 5 heteroatoms. The van der Waals surface area contributed by atoms with Crippen molar-refractivity contribution in [3.05, 3.63) is 0 Å². The van der Waals surface area contributed by atoms with Crippen LogP contribution >= 0.6 is 0 Å². The minimum atomic E-state index is -0.437. The summed E-state index contributed by atoms with van der Waals surface area (Å²) in [5.74, 6) is 5.81. The number of hydrogen-bond acceptors (Lipinski definition) is 4. The molecule has 0 aliphatic carbocycles. The smallest absolute Gasteiger partial charge is 0.240 e. The van der Waals surface area contributed by atoms with Crippen LogP contribution in [0.4, 0.5) is 0 Å². The van der Waals surface area contributed by atoms with Crippen LogP contribution in [0.2, 0.25) is 0 Å². The molecule has 0 aromatic heterocycles. The number of carbonyl (C=O) groups excluding carboxylic acids is 1. The van der Waals surface area contributed by atoms with Gasteiger partial charge in [-0.05, 0) is 46.8 Å². The summed E-state index contributed by atoms with van der Waals surface area (Å²) >= 11 is 0. The van der Waals surface area contributed by atoms with Gasteiger partial charge in [0, 0.05) is 19.6 Å². The Morgan fingerprint density at radius 3 is 2.71 bits per heavy atom. The summed E-state index contributed by atoms with van der Waals surface area (Å²) in [4.78, 5) is 16.2. The van der Waals surface area contributed by atoms with Gasteiger partial charge in [0.05, 0.1) is 5.41 Å². The van der Waals surface area contributed by atoms with Gasteiger partial charge in [-0.2, -0.15) is 0 Å². The van der Waals surface area contributed by atoms with E-state index in [0.29, 0.717) is 0 Å². The van der Waals surface area contributed by atoms with Crippen molar-refractivity contribution in [3.63, 3.8) is 0 Å². The highest BCUT2D eigenvalue weighted by molar-refractivity contribution is 5.81. The van der Waals surface area contributed by atoms with Crippen LogP contribution in [0, 0.1) is 11.3 Å². The van der Waals surface area contributed by atoms with Crippen LogP contribution in [0.15, 0.2) is 0 Å². The predicted octanol–water partition coefficient (Wildman–Crippen LogP) is -0.114. The third kappa shape index (κ3) is 4.26. The first-order chi connectivity index (χ1) is 7.85. The molecule has 0 saturated carbocycles. The molecule has 1 aliphatic rings. The number of hydrogen-bond donors (Lipinski definition) is 2. The first-order valence-corrected chi connectivity index (χ1v) is 6.23. The molecule has 1 unspecified atom stereocenters. The van der Waals surface area contributed by atoms with E-state index < -0.39 is 5.41 Å². The van der Waals surface area contributed by atoms with Crippen LogP contribution in [0.1, 0.15) is 20.3 Å². The summed E-state index contributed by atoms with van der Waals surface area (Å²) in [6.07, 6.45) is 1.25. The van der Waals surface area contributed by atoms with Crippen molar-refractivity contribution in [2.24, 2.45) is 17.2 Å². The molecule has 0 bridgehead atoms. The molecule has 5 nitrogen and oxygen atoms in total. The van der Waals surface area contributed by atoms with E-state index in [1.54, 1.807) is 0 Å². The highest BCUT2D eigenvalue weighted by atomic mass is 16.2. The van der Waals surface area contributed by atoms with Gasteiger partial charge in [-0.1, -0.05) is 0 Å². The Labute approximate surface area is 104 Å². The Morgan fingerprint density at radius 1 is 1.59 bits per heavy atom. The van der Waals surface area contributed by atoms with Crippen LogP contribution < -0.4 is 11.3 Å². The second-order valence-corrected chi connectivity index (χ2v) is 5.97. The van der Waals surface area contributed by atoms with Crippen LogP contribution in [0.25, 0.3) is 0 Å². The van der Waals surface area contributed by atoms with Crippen molar-refractivity contribution in [2.45, 2.75) is 20.3 Å². The summed E-state index contributed by atoms with van der Waals surface area (Å²) in [6, 6.07) is 0. The van der Waals surface area contributed by atoms with Gasteiger partial charge in [-0.15, -0.1) is 0 Å². The number of amides is 1. The molecule has 1 fully saturated rings. The fraction of sp³-hybridized carbons (Fsp3) is 0.917. The molecule has 1 aliphatic heterocycles. The second-order valence-electron chi connectivity index (χ2n) is 5.97. The van der Waals surface area contributed by atoms with Crippen LogP contribution in [-0.2, 0) is 4.79 Å². The Bertz CT molecular complexity index is 267. The molecule has 1 amide bonds. The van der Waals surface area contributed by atoms with Crippen LogP contribution in [0.3, 0.4) is 0 Å². The molecule has 3 N–H and O–H groups in total.